The SMILES string of the molecule is CC(C)(C)Oc1ccc([C@@H](N)c2ccsc2)cc1. The average Bonchev–Trinajstić information content (AvgIpc) is 2.80. The molecule has 0 bridgehead atoms. The van der Waals surface area contributed by atoms with E-state index >= 15 is 0 Å². The molecule has 1 atom stereocenters. The normalized spacial score (nSPS) is 13.3. The first-order valence-corrected chi connectivity index (χ1v) is 6.97. The van der Waals surface area contributed by atoms with Crippen LogP contribution in [0.2, 0.25) is 0 Å². The maximum absolute atomic E-state index is 6.20. The molecule has 0 radical (unpaired) electrons. The second kappa shape index (κ2) is 5.12. The molecule has 0 aliphatic rings. The largest absolute Gasteiger partial charge is 0.488 e. The topological polar surface area (TPSA) is 35.2 Å². The quantitative estimate of drug-likeness (QED) is 0.907. The van der Waals surface area contributed by atoms with Gasteiger partial charge in [-0.05, 0) is 60.9 Å². The third-order valence-corrected chi connectivity index (χ3v) is 3.27. The molecule has 2 aromatic rings. The Balaban J connectivity index is 2.13. The van der Waals surface area contributed by atoms with Gasteiger partial charge in [-0.15, -0.1) is 0 Å². The van der Waals surface area contributed by atoms with E-state index in [9.17, 15) is 0 Å². The lowest BCUT2D eigenvalue weighted by Gasteiger charge is -2.21. The molecule has 18 heavy (non-hydrogen) atoms. The molecular weight excluding hydrogens is 242 g/mol. The van der Waals surface area contributed by atoms with Gasteiger partial charge in [0.1, 0.15) is 11.4 Å². The van der Waals surface area contributed by atoms with Crippen molar-refractivity contribution in [2.75, 3.05) is 0 Å². The molecule has 2 rings (SSSR count). The van der Waals surface area contributed by atoms with Crippen LogP contribution in [-0.2, 0) is 0 Å². The van der Waals surface area contributed by atoms with Crippen molar-refractivity contribution in [3.63, 3.8) is 0 Å². The van der Waals surface area contributed by atoms with Crippen LogP contribution in [0.3, 0.4) is 0 Å². The summed E-state index contributed by atoms with van der Waals surface area (Å²) < 4.78 is 5.79. The van der Waals surface area contributed by atoms with Crippen LogP contribution in [0, 0.1) is 0 Å². The number of ether oxygens (including phenoxy) is 1. The van der Waals surface area contributed by atoms with Crippen LogP contribution in [0.25, 0.3) is 0 Å². The molecule has 0 spiro atoms. The van der Waals surface area contributed by atoms with Gasteiger partial charge in [0.15, 0.2) is 0 Å². The molecule has 0 saturated carbocycles. The van der Waals surface area contributed by atoms with Gasteiger partial charge < -0.3 is 10.5 Å². The highest BCUT2D eigenvalue weighted by atomic mass is 32.1. The second-order valence-electron chi connectivity index (χ2n) is 5.32. The maximum atomic E-state index is 6.20. The van der Waals surface area contributed by atoms with Gasteiger partial charge in [0.05, 0.1) is 6.04 Å². The van der Waals surface area contributed by atoms with Gasteiger partial charge in [0.25, 0.3) is 0 Å². The Bertz CT molecular complexity index is 482. The average molecular weight is 261 g/mol. The second-order valence-corrected chi connectivity index (χ2v) is 6.10. The molecule has 0 saturated heterocycles. The van der Waals surface area contributed by atoms with E-state index in [4.69, 9.17) is 10.5 Å². The van der Waals surface area contributed by atoms with Crippen molar-refractivity contribution >= 4 is 11.3 Å². The minimum atomic E-state index is -0.170. The minimum absolute atomic E-state index is 0.0556. The van der Waals surface area contributed by atoms with Gasteiger partial charge in [-0.2, -0.15) is 11.3 Å². The molecule has 0 fully saturated rings. The van der Waals surface area contributed by atoms with Crippen LogP contribution in [-0.4, -0.2) is 5.60 Å². The molecular formula is C15H19NOS. The van der Waals surface area contributed by atoms with Gasteiger partial charge >= 0.3 is 0 Å². The first-order chi connectivity index (χ1) is 8.46. The Labute approximate surface area is 112 Å². The fourth-order valence-corrected chi connectivity index (χ4v) is 2.44. The number of nitrogens with two attached hydrogens (primary N) is 1. The van der Waals surface area contributed by atoms with E-state index in [2.05, 4.69) is 11.4 Å². The molecule has 1 aromatic carbocycles. The summed E-state index contributed by atoms with van der Waals surface area (Å²) in [5, 5.41) is 4.14. The number of rotatable bonds is 3. The zero-order valence-corrected chi connectivity index (χ0v) is 11.8. The van der Waals surface area contributed by atoms with Crippen molar-refractivity contribution < 1.29 is 4.74 Å². The number of hydrogen-bond donors (Lipinski definition) is 1. The summed E-state index contributed by atoms with van der Waals surface area (Å²) in [4.78, 5) is 0. The van der Waals surface area contributed by atoms with Crippen LogP contribution in [0.15, 0.2) is 41.1 Å². The molecule has 2 N–H and O–H groups in total. The van der Waals surface area contributed by atoms with Crippen LogP contribution in [0.5, 0.6) is 5.75 Å². The highest BCUT2D eigenvalue weighted by Gasteiger charge is 2.13. The van der Waals surface area contributed by atoms with Gasteiger partial charge in [-0.25, -0.2) is 0 Å². The van der Waals surface area contributed by atoms with E-state index in [1.165, 1.54) is 0 Å². The molecule has 96 valence electrons. The number of hydrogen-bond acceptors (Lipinski definition) is 3. The van der Waals surface area contributed by atoms with E-state index in [1.807, 2.05) is 50.4 Å². The molecule has 1 aromatic heterocycles. The Morgan fingerprint density at radius 1 is 1.06 bits per heavy atom. The van der Waals surface area contributed by atoms with Crippen molar-refractivity contribution in [1.82, 2.24) is 0 Å². The van der Waals surface area contributed by atoms with E-state index < -0.39 is 0 Å². The van der Waals surface area contributed by atoms with E-state index in [1.54, 1.807) is 11.3 Å². The monoisotopic (exact) mass is 261 g/mol. The van der Waals surface area contributed by atoms with Crippen LogP contribution < -0.4 is 10.5 Å². The van der Waals surface area contributed by atoms with Crippen LogP contribution in [0.4, 0.5) is 0 Å². The van der Waals surface area contributed by atoms with E-state index in [0.717, 1.165) is 16.9 Å². The van der Waals surface area contributed by atoms with Crippen LogP contribution >= 0.6 is 11.3 Å². The molecule has 0 unspecified atom stereocenters. The highest BCUT2D eigenvalue weighted by Crippen LogP contribution is 2.25. The third kappa shape index (κ3) is 3.34. The molecule has 2 nitrogen and oxygen atoms in total. The van der Waals surface area contributed by atoms with Crippen molar-refractivity contribution in [1.29, 1.82) is 0 Å². The third-order valence-electron chi connectivity index (χ3n) is 2.57. The molecule has 0 amide bonds. The zero-order chi connectivity index (χ0) is 13.2. The highest BCUT2D eigenvalue weighted by molar-refractivity contribution is 7.08. The zero-order valence-electron chi connectivity index (χ0n) is 11.0. The minimum Gasteiger partial charge on any atom is -0.488 e. The smallest absolute Gasteiger partial charge is 0.120 e. The number of benzene rings is 1. The molecule has 0 aliphatic carbocycles. The van der Waals surface area contributed by atoms with Gasteiger partial charge in [0, 0.05) is 0 Å². The first-order valence-electron chi connectivity index (χ1n) is 6.02. The standard InChI is InChI=1S/C15H19NOS/c1-15(2,3)17-13-6-4-11(5-7-13)14(16)12-8-9-18-10-12/h4-10,14H,16H2,1-3H3/t14-/m1/s1. The summed E-state index contributed by atoms with van der Waals surface area (Å²) in [6.07, 6.45) is 0. The summed E-state index contributed by atoms with van der Waals surface area (Å²) in [7, 11) is 0. The Hall–Kier alpha value is -1.32. The molecule has 1 heterocycles. The summed E-state index contributed by atoms with van der Waals surface area (Å²) in [6, 6.07) is 10.0. The van der Waals surface area contributed by atoms with Crippen LogP contribution in [0.1, 0.15) is 37.9 Å². The number of thiophene rings is 1. The lowest BCUT2D eigenvalue weighted by atomic mass is 10.0. The summed E-state index contributed by atoms with van der Waals surface area (Å²) in [6.45, 7) is 6.12. The summed E-state index contributed by atoms with van der Waals surface area (Å²) in [5.74, 6) is 0.878. The Kier molecular flexibility index (Phi) is 3.73. The Morgan fingerprint density at radius 3 is 2.22 bits per heavy atom. The van der Waals surface area contributed by atoms with Crippen molar-refractivity contribution in [2.24, 2.45) is 5.73 Å². The van der Waals surface area contributed by atoms with Crippen molar-refractivity contribution in [3.05, 3.63) is 52.2 Å². The van der Waals surface area contributed by atoms with Crippen molar-refractivity contribution in [3.8, 4) is 5.75 Å². The van der Waals surface area contributed by atoms with Crippen molar-refractivity contribution in [2.45, 2.75) is 32.4 Å². The van der Waals surface area contributed by atoms with Gasteiger partial charge in [-0.1, -0.05) is 12.1 Å². The molecule has 0 aliphatic heterocycles. The van der Waals surface area contributed by atoms with E-state index in [0.29, 0.717) is 0 Å². The fourth-order valence-electron chi connectivity index (χ4n) is 1.74. The maximum Gasteiger partial charge on any atom is 0.120 e. The lowest BCUT2D eigenvalue weighted by molar-refractivity contribution is 0.131. The predicted molar refractivity (Wildman–Crippen MR) is 77.2 cm³/mol. The van der Waals surface area contributed by atoms with Gasteiger partial charge in [-0.3, -0.25) is 0 Å². The summed E-state index contributed by atoms with van der Waals surface area (Å²) >= 11 is 1.67. The Morgan fingerprint density at radius 2 is 1.72 bits per heavy atom. The molecule has 3 heteroatoms. The lowest BCUT2D eigenvalue weighted by Crippen LogP contribution is -2.22. The predicted octanol–water partition coefficient (Wildman–Crippen LogP) is 3.97. The summed E-state index contributed by atoms with van der Waals surface area (Å²) in [5.41, 5.74) is 8.30. The first kappa shape index (κ1) is 13.1. The fraction of sp³-hybridized carbons (Fsp3) is 0.333. The van der Waals surface area contributed by atoms with E-state index in [-0.39, 0.29) is 11.6 Å². The van der Waals surface area contributed by atoms with Gasteiger partial charge in [0.2, 0.25) is 0 Å².